The first kappa shape index (κ1) is 25.1. The van der Waals surface area contributed by atoms with Gasteiger partial charge in [0, 0.05) is 18.7 Å². The van der Waals surface area contributed by atoms with Gasteiger partial charge in [-0.25, -0.2) is 0 Å². The summed E-state index contributed by atoms with van der Waals surface area (Å²) < 4.78 is 11.3. The molecule has 1 aliphatic rings. The Hall–Kier alpha value is -2.20. The maximum absolute atomic E-state index is 12.7. The van der Waals surface area contributed by atoms with Crippen LogP contribution in [0.5, 0.6) is 5.75 Å². The number of rotatable bonds is 8. The first-order valence-corrected chi connectivity index (χ1v) is 11.4. The summed E-state index contributed by atoms with van der Waals surface area (Å²) >= 11 is 8.76. The number of amides is 2. The molecule has 1 heterocycles. The van der Waals surface area contributed by atoms with Crippen molar-refractivity contribution in [2.45, 2.75) is 39.7 Å². The Balaban J connectivity index is 2.02. The molecule has 10 heteroatoms. The molecular weight excluding hydrogens is 486 g/mol. The fraction of sp³-hybridized carbons (Fsp3) is 0.524. The number of hydrogen-bond donors (Lipinski definition) is 2. The molecule has 8 nitrogen and oxygen atoms in total. The van der Waals surface area contributed by atoms with E-state index in [0.717, 1.165) is 6.42 Å². The number of carbonyl (C=O) groups is 3. The van der Waals surface area contributed by atoms with Crippen LogP contribution in [0.1, 0.15) is 44.0 Å². The van der Waals surface area contributed by atoms with E-state index in [1.165, 1.54) is 0 Å². The van der Waals surface area contributed by atoms with E-state index < -0.39 is 17.9 Å². The van der Waals surface area contributed by atoms with Crippen LogP contribution in [-0.4, -0.2) is 60.1 Å². The number of thiocarbonyl (C=S) groups is 1. The zero-order valence-corrected chi connectivity index (χ0v) is 20.3. The molecule has 2 amide bonds. The molecule has 31 heavy (non-hydrogen) atoms. The van der Waals surface area contributed by atoms with Gasteiger partial charge in [-0.1, -0.05) is 13.8 Å². The molecule has 1 unspecified atom stereocenters. The predicted molar refractivity (Wildman–Crippen MR) is 124 cm³/mol. The largest absolute Gasteiger partial charge is 0.493 e. The summed E-state index contributed by atoms with van der Waals surface area (Å²) in [4.78, 5) is 38.8. The molecule has 1 aromatic rings. The summed E-state index contributed by atoms with van der Waals surface area (Å²) in [6, 6.07) is 4.12. The average Bonchev–Trinajstić information content (AvgIpc) is 2.70. The van der Waals surface area contributed by atoms with E-state index in [1.54, 1.807) is 23.1 Å². The summed E-state index contributed by atoms with van der Waals surface area (Å²) in [6.45, 7) is 7.49. The van der Waals surface area contributed by atoms with Crippen LogP contribution in [0.4, 0.5) is 0 Å². The van der Waals surface area contributed by atoms with Crippen LogP contribution < -0.4 is 15.4 Å². The third kappa shape index (κ3) is 7.46. The Kier molecular flexibility index (Phi) is 9.70. The molecule has 0 bridgehead atoms. The van der Waals surface area contributed by atoms with Crippen LogP contribution in [0.25, 0.3) is 0 Å². The van der Waals surface area contributed by atoms with Crippen LogP contribution in [-0.2, 0) is 14.3 Å². The first-order chi connectivity index (χ1) is 14.7. The number of ether oxygens (including phenoxy) is 2. The summed E-state index contributed by atoms with van der Waals surface area (Å²) in [5.41, 5.74) is 0.379. The van der Waals surface area contributed by atoms with E-state index in [2.05, 4.69) is 26.6 Å². The number of benzene rings is 1. The molecule has 1 aliphatic heterocycles. The second kappa shape index (κ2) is 12.0. The van der Waals surface area contributed by atoms with Crippen LogP contribution in [0.15, 0.2) is 22.7 Å². The van der Waals surface area contributed by atoms with Gasteiger partial charge in [-0.3, -0.25) is 19.7 Å². The Morgan fingerprint density at radius 2 is 2.13 bits per heavy atom. The number of hydrogen-bond acceptors (Lipinski definition) is 6. The monoisotopic (exact) mass is 513 g/mol. The molecule has 0 radical (unpaired) electrons. The molecule has 0 spiro atoms. The molecule has 1 saturated heterocycles. The molecular formula is C21H28BrN3O5S. The zero-order chi connectivity index (χ0) is 23.0. The normalized spacial score (nSPS) is 16.0. The lowest BCUT2D eigenvalue weighted by molar-refractivity contribution is -0.147. The van der Waals surface area contributed by atoms with Crippen LogP contribution in [0, 0.1) is 5.92 Å². The highest BCUT2D eigenvalue weighted by Crippen LogP contribution is 2.26. The minimum absolute atomic E-state index is 0.0878. The average molecular weight is 514 g/mol. The van der Waals surface area contributed by atoms with Crippen molar-refractivity contribution >= 4 is 51.0 Å². The summed E-state index contributed by atoms with van der Waals surface area (Å²) in [5.74, 6) is -0.180. The number of piperazine rings is 1. The number of nitrogens with zero attached hydrogens (tertiary/aromatic N) is 1. The molecule has 1 aromatic carbocycles. The number of carbonyl (C=O) groups excluding carboxylic acids is 3. The maximum atomic E-state index is 12.7. The predicted octanol–water partition coefficient (Wildman–Crippen LogP) is 2.64. The van der Waals surface area contributed by atoms with Gasteiger partial charge < -0.3 is 19.7 Å². The molecule has 2 N–H and O–H groups in total. The van der Waals surface area contributed by atoms with Crippen molar-refractivity contribution in [1.82, 2.24) is 15.5 Å². The topological polar surface area (TPSA) is 97.0 Å². The second-order valence-electron chi connectivity index (χ2n) is 7.44. The second-order valence-corrected chi connectivity index (χ2v) is 8.69. The summed E-state index contributed by atoms with van der Waals surface area (Å²) in [6.07, 6.45) is 0.604. The highest BCUT2D eigenvalue weighted by molar-refractivity contribution is 9.10. The Morgan fingerprint density at radius 3 is 2.77 bits per heavy atom. The molecule has 170 valence electrons. The van der Waals surface area contributed by atoms with Gasteiger partial charge >= 0.3 is 5.97 Å². The smallest absolute Gasteiger partial charge is 0.308 e. The lowest BCUT2D eigenvalue weighted by atomic mass is 10.1. The van der Waals surface area contributed by atoms with Crippen LogP contribution in [0.3, 0.4) is 0 Å². The number of halogens is 1. The van der Waals surface area contributed by atoms with Crippen molar-refractivity contribution in [2.75, 3.05) is 26.3 Å². The van der Waals surface area contributed by atoms with E-state index in [4.69, 9.17) is 21.7 Å². The molecule has 1 fully saturated rings. The van der Waals surface area contributed by atoms with Gasteiger partial charge in [0.25, 0.3) is 5.91 Å². The minimum atomic E-state index is -0.833. The molecule has 1 atom stereocenters. The van der Waals surface area contributed by atoms with Crippen LogP contribution in [0.2, 0.25) is 0 Å². The van der Waals surface area contributed by atoms with Crippen molar-refractivity contribution in [3.63, 3.8) is 0 Å². The third-order valence-electron chi connectivity index (χ3n) is 4.62. The fourth-order valence-corrected chi connectivity index (χ4v) is 3.75. The standard InChI is InChI=1S/C21H28BrN3O5S/c1-4-29-17-6-5-14(11-15(17)22)19(27)24-21(31)25-9-8-23-20(28)16(25)12-18(26)30-10-7-13(2)3/h5-6,11,13,16H,4,7-10,12H2,1-3H3,(H,23,28)(H,24,27,31). The Morgan fingerprint density at radius 1 is 1.39 bits per heavy atom. The van der Waals surface area contributed by atoms with Gasteiger partial charge in [-0.15, -0.1) is 0 Å². The quantitative estimate of drug-likeness (QED) is 0.407. The van der Waals surface area contributed by atoms with Crippen molar-refractivity contribution in [2.24, 2.45) is 5.92 Å². The van der Waals surface area contributed by atoms with E-state index in [-0.39, 0.29) is 17.4 Å². The van der Waals surface area contributed by atoms with Gasteiger partial charge in [0.1, 0.15) is 11.8 Å². The van der Waals surface area contributed by atoms with Crippen molar-refractivity contribution < 1.29 is 23.9 Å². The van der Waals surface area contributed by atoms with Gasteiger partial charge in [-0.2, -0.15) is 0 Å². The van der Waals surface area contributed by atoms with Gasteiger partial charge in [0.2, 0.25) is 5.91 Å². The van der Waals surface area contributed by atoms with Gasteiger partial charge in [0.15, 0.2) is 5.11 Å². The van der Waals surface area contributed by atoms with Crippen molar-refractivity contribution in [1.29, 1.82) is 0 Å². The summed E-state index contributed by atoms with van der Waals surface area (Å²) in [7, 11) is 0. The molecule has 0 aliphatic carbocycles. The SMILES string of the molecule is CCOc1ccc(C(=O)NC(=S)N2CCNC(=O)C2CC(=O)OCCC(C)C)cc1Br. The van der Waals surface area contributed by atoms with Crippen molar-refractivity contribution in [3.05, 3.63) is 28.2 Å². The molecule has 0 aromatic heterocycles. The highest BCUT2D eigenvalue weighted by Gasteiger charge is 2.34. The number of nitrogens with one attached hydrogen (secondary N) is 2. The van der Waals surface area contributed by atoms with Crippen LogP contribution >= 0.6 is 28.1 Å². The Labute approximate surface area is 196 Å². The maximum Gasteiger partial charge on any atom is 0.308 e. The minimum Gasteiger partial charge on any atom is -0.493 e. The van der Waals surface area contributed by atoms with Gasteiger partial charge in [0.05, 0.1) is 24.1 Å². The zero-order valence-electron chi connectivity index (χ0n) is 17.9. The van der Waals surface area contributed by atoms with E-state index >= 15 is 0 Å². The molecule has 2 rings (SSSR count). The number of esters is 1. The van der Waals surface area contributed by atoms with Crippen molar-refractivity contribution in [3.8, 4) is 5.75 Å². The lowest BCUT2D eigenvalue weighted by Gasteiger charge is -2.36. The fourth-order valence-electron chi connectivity index (χ4n) is 2.94. The first-order valence-electron chi connectivity index (χ1n) is 10.2. The highest BCUT2D eigenvalue weighted by atomic mass is 79.9. The van der Waals surface area contributed by atoms with Gasteiger partial charge in [-0.05, 0) is 65.6 Å². The Bertz CT molecular complexity index is 833. The lowest BCUT2D eigenvalue weighted by Crippen LogP contribution is -2.60. The van der Waals surface area contributed by atoms with E-state index in [1.807, 2.05) is 20.8 Å². The summed E-state index contributed by atoms with van der Waals surface area (Å²) in [5, 5.41) is 5.47. The third-order valence-corrected chi connectivity index (χ3v) is 5.58. The molecule has 0 saturated carbocycles. The van der Waals surface area contributed by atoms with E-state index in [0.29, 0.717) is 48.0 Å². The van der Waals surface area contributed by atoms with E-state index in [9.17, 15) is 14.4 Å².